The van der Waals surface area contributed by atoms with Gasteiger partial charge in [0, 0.05) is 59.5 Å². The largest absolute Gasteiger partial charge is 0.444 e. The van der Waals surface area contributed by atoms with Crippen LogP contribution in [0.4, 0.5) is 4.79 Å². The lowest BCUT2D eigenvalue weighted by molar-refractivity contribution is 0.0147. The van der Waals surface area contributed by atoms with Gasteiger partial charge in [-0.25, -0.2) is 4.79 Å². The third-order valence-corrected chi connectivity index (χ3v) is 4.49. The monoisotopic (exact) mass is 369 g/mol. The highest BCUT2D eigenvalue weighted by Crippen LogP contribution is 2.12. The van der Waals surface area contributed by atoms with Gasteiger partial charge in [-0.3, -0.25) is 9.89 Å². The van der Waals surface area contributed by atoms with Crippen molar-refractivity contribution in [3.05, 3.63) is 0 Å². The second-order valence-electron chi connectivity index (χ2n) is 7.82. The van der Waals surface area contributed by atoms with Crippen LogP contribution in [0, 0.1) is 0 Å². The minimum absolute atomic E-state index is 0.214. The lowest BCUT2D eigenvalue weighted by Crippen LogP contribution is -2.51. The van der Waals surface area contributed by atoms with Crippen LogP contribution in [0.3, 0.4) is 0 Å². The predicted molar refractivity (Wildman–Crippen MR) is 103 cm³/mol. The average Bonchev–Trinajstić information content (AvgIpc) is 3.10. The first-order valence-corrected chi connectivity index (χ1v) is 9.64. The summed E-state index contributed by atoms with van der Waals surface area (Å²) in [6.07, 6.45) is 2.35. The summed E-state index contributed by atoms with van der Waals surface area (Å²) in [5.41, 5.74) is -0.440. The highest BCUT2D eigenvalue weighted by atomic mass is 16.6. The fourth-order valence-corrected chi connectivity index (χ4v) is 3.05. The Hall–Kier alpha value is -1.54. The summed E-state index contributed by atoms with van der Waals surface area (Å²) in [5.74, 6) is 0.813. The van der Waals surface area contributed by atoms with Crippen LogP contribution in [-0.2, 0) is 9.47 Å². The zero-order valence-corrected chi connectivity index (χ0v) is 16.7. The molecule has 0 aromatic rings. The molecule has 0 aromatic carbocycles. The number of rotatable bonds is 5. The molecule has 8 nitrogen and oxygen atoms in total. The standard InChI is InChI=1S/C18H35N5O3/c1-18(2,3)26-17(24)23-11-9-22(10-12-23)8-7-20-16(19-4)21-14-15-6-5-13-25-15/h15H,5-14H2,1-4H3,(H2,19,20,21). The van der Waals surface area contributed by atoms with Crippen molar-refractivity contribution >= 4 is 12.1 Å². The molecule has 1 amide bonds. The Labute approximate surface area is 157 Å². The van der Waals surface area contributed by atoms with Crippen molar-refractivity contribution in [2.75, 3.05) is 59.5 Å². The van der Waals surface area contributed by atoms with Crippen molar-refractivity contribution in [1.29, 1.82) is 0 Å². The van der Waals surface area contributed by atoms with Gasteiger partial charge < -0.3 is 25.0 Å². The molecule has 1 unspecified atom stereocenters. The van der Waals surface area contributed by atoms with Gasteiger partial charge in [-0.2, -0.15) is 0 Å². The van der Waals surface area contributed by atoms with E-state index < -0.39 is 5.60 Å². The summed E-state index contributed by atoms with van der Waals surface area (Å²) < 4.78 is 11.0. The summed E-state index contributed by atoms with van der Waals surface area (Å²) >= 11 is 0. The van der Waals surface area contributed by atoms with Crippen molar-refractivity contribution in [3.8, 4) is 0 Å². The van der Waals surface area contributed by atoms with E-state index in [1.165, 1.54) is 0 Å². The van der Waals surface area contributed by atoms with Gasteiger partial charge in [0.2, 0.25) is 0 Å². The normalized spacial score (nSPS) is 22.4. The number of piperazine rings is 1. The Morgan fingerprint density at radius 2 is 1.96 bits per heavy atom. The van der Waals surface area contributed by atoms with Crippen molar-refractivity contribution in [3.63, 3.8) is 0 Å². The first kappa shape index (κ1) is 20.8. The van der Waals surface area contributed by atoms with E-state index in [1.807, 2.05) is 20.8 Å². The van der Waals surface area contributed by atoms with Gasteiger partial charge in [0.1, 0.15) is 5.60 Å². The van der Waals surface area contributed by atoms with Crippen molar-refractivity contribution < 1.29 is 14.3 Å². The van der Waals surface area contributed by atoms with Crippen LogP contribution in [0.15, 0.2) is 4.99 Å². The van der Waals surface area contributed by atoms with E-state index in [9.17, 15) is 4.79 Å². The topological polar surface area (TPSA) is 78.4 Å². The second-order valence-corrected chi connectivity index (χ2v) is 7.82. The minimum atomic E-state index is -0.440. The minimum Gasteiger partial charge on any atom is -0.444 e. The number of hydrogen-bond donors (Lipinski definition) is 2. The fraction of sp³-hybridized carbons (Fsp3) is 0.889. The molecule has 150 valence electrons. The van der Waals surface area contributed by atoms with E-state index in [2.05, 4.69) is 20.5 Å². The molecule has 0 spiro atoms. The molecule has 2 saturated heterocycles. The number of hydrogen-bond acceptors (Lipinski definition) is 5. The number of guanidine groups is 1. The van der Waals surface area contributed by atoms with Crippen molar-refractivity contribution in [2.45, 2.75) is 45.3 Å². The van der Waals surface area contributed by atoms with E-state index >= 15 is 0 Å². The molecule has 1 atom stereocenters. The Bertz CT molecular complexity index is 464. The fourth-order valence-electron chi connectivity index (χ4n) is 3.05. The molecule has 0 bridgehead atoms. The molecular formula is C18H35N5O3. The molecule has 2 aliphatic heterocycles. The molecule has 2 rings (SSSR count). The number of aliphatic imine (C=N–C) groups is 1. The van der Waals surface area contributed by atoms with Gasteiger partial charge in [-0.15, -0.1) is 0 Å². The number of nitrogens with zero attached hydrogens (tertiary/aromatic N) is 3. The molecule has 0 radical (unpaired) electrons. The molecule has 0 aliphatic carbocycles. The summed E-state index contributed by atoms with van der Waals surface area (Å²) in [6, 6.07) is 0. The van der Waals surface area contributed by atoms with Crippen LogP contribution in [0.2, 0.25) is 0 Å². The van der Waals surface area contributed by atoms with E-state index in [-0.39, 0.29) is 6.09 Å². The molecule has 26 heavy (non-hydrogen) atoms. The molecule has 0 aromatic heterocycles. The lowest BCUT2D eigenvalue weighted by Gasteiger charge is -2.35. The smallest absolute Gasteiger partial charge is 0.410 e. The maximum atomic E-state index is 12.1. The molecule has 2 fully saturated rings. The van der Waals surface area contributed by atoms with Gasteiger partial charge in [-0.05, 0) is 33.6 Å². The van der Waals surface area contributed by atoms with Crippen LogP contribution >= 0.6 is 0 Å². The third kappa shape index (κ3) is 7.37. The summed E-state index contributed by atoms with van der Waals surface area (Å²) in [4.78, 5) is 20.5. The Kier molecular flexibility index (Phi) is 7.96. The number of ether oxygens (including phenoxy) is 2. The first-order valence-electron chi connectivity index (χ1n) is 9.64. The van der Waals surface area contributed by atoms with Gasteiger partial charge >= 0.3 is 6.09 Å². The number of nitrogens with one attached hydrogen (secondary N) is 2. The highest BCUT2D eigenvalue weighted by Gasteiger charge is 2.25. The highest BCUT2D eigenvalue weighted by molar-refractivity contribution is 5.79. The van der Waals surface area contributed by atoms with E-state index in [0.29, 0.717) is 19.2 Å². The molecule has 2 aliphatic rings. The molecule has 2 N–H and O–H groups in total. The number of carbonyl (C=O) groups is 1. The second kappa shape index (κ2) is 9.97. The maximum Gasteiger partial charge on any atom is 0.410 e. The zero-order valence-electron chi connectivity index (χ0n) is 16.7. The van der Waals surface area contributed by atoms with Gasteiger partial charge in [0.15, 0.2) is 5.96 Å². The van der Waals surface area contributed by atoms with Crippen LogP contribution in [0.25, 0.3) is 0 Å². The Morgan fingerprint density at radius 3 is 2.54 bits per heavy atom. The van der Waals surface area contributed by atoms with Gasteiger partial charge in [0.25, 0.3) is 0 Å². The summed E-state index contributed by atoms with van der Waals surface area (Å²) in [5, 5.41) is 6.66. The lowest BCUT2D eigenvalue weighted by atomic mass is 10.2. The van der Waals surface area contributed by atoms with E-state index in [1.54, 1.807) is 11.9 Å². The first-order chi connectivity index (χ1) is 12.4. The molecular weight excluding hydrogens is 334 g/mol. The van der Waals surface area contributed by atoms with E-state index in [4.69, 9.17) is 9.47 Å². The van der Waals surface area contributed by atoms with E-state index in [0.717, 1.165) is 58.1 Å². The van der Waals surface area contributed by atoms with Gasteiger partial charge in [-0.1, -0.05) is 0 Å². The quantitative estimate of drug-likeness (QED) is 0.553. The van der Waals surface area contributed by atoms with Crippen molar-refractivity contribution in [1.82, 2.24) is 20.4 Å². The zero-order chi connectivity index (χ0) is 19.0. The average molecular weight is 370 g/mol. The van der Waals surface area contributed by atoms with Crippen LogP contribution in [-0.4, -0.2) is 93.0 Å². The molecule has 0 saturated carbocycles. The van der Waals surface area contributed by atoms with Crippen molar-refractivity contribution in [2.24, 2.45) is 4.99 Å². The maximum absolute atomic E-state index is 12.1. The Balaban J connectivity index is 1.59. The van der Waals surface area contributed by atoms with Crippen LogP contribution < -0.4 is 10.6 Å². The van der Waals surface area contributed by atoms with Crippen LogP contribution in [0.5, 0.6) is 0 Å². The third-order valence-electron chi connectivity index (χ3n) is 4.49. The Morgan fingerprint density at radius 1 is 1.23 bits per heavy atom. The number of amides is 1. The van der Waals surface area contributed by atoms with Gasteiger partial charge in [0.05, 0.1) is 6.10 Å². The predicted octanol–water partition coefficient (Wildman–Crippen LogP) is 0.883. The molecule has 8 heteroatoms. The summed E-state index contributed by atoms with van der Waals surface area (Å²) in [6.45, 7) is 12.2. The SMILES string of the molecule is CN=C(NCCN1CCN(C(=O)OC(C)(C)C)CC1)NCC1CCCO1. The summed E-state index contributed by atoms with van der Waals surface area (Å²) in [7, 11) is 1.78. The number of carbonyl (C=O) groups excluding carboxylic acids is 1. The molecule has 2 heterocycles. The van der Waals surface area contributed by atoms with Crippen LogP contribution in [0.1, 0.15) is 33.6 Å².